The molecule has 19 heavy (non-hydrogen) atoms. The summed E-state index contributed by atoms with van der Waals surface area (Å²) in [5, 5.41) is 23.7. The molecule has 0 saturated carbocycles. The molecule has 3 rings (SSSR count). The van der Waals surface area contributed by atoms with E-state index in [1.807, 2.05) is 18.2 Å². The van der Waals surface area contributed by atoms with Crippen molar-refractivity contribution in [2.45, 2.75) is 43.7 Å². The normalized spacial score (nSPS) is 35.6. The van der Waals surface area contributed by atoms with Gasteiger partial charge in [0.2, 0.25) is 0 Å². The zero-order chi connectivity index (χ0) is 13.6. The monoisotopic (exact) mass is 262 g/mol. The van der Waals surface area contributed by atoms with Crippen LogP contribution in [0.5, 0.6) is 0 Å². The molecule has 2 saturated heterocycles. The lowest BCUT2D eigenvalue weighted by Crippen LogP contribution is -2.60. The SMILES string of the molecule is CC(C)(c1ccccc1)N1C2CNCC1C(O)C2O. The first kappa shape index (κ1) is 13.1. The second-order valence-corrected chi connectivity index (χ2v) is 6.11. The minimum atomic E-state index is -0.664. The number of rotatable bonds is 2. The number of aliphatic hydroxyl groups excluding tert-OH is 2. The predicted molar refractivity (Wildman–Crippen MR) is 73.8 cm³/mol. The minimum absolute atomic E-state index is 0.0241. The zero-order valence-electron chi connectivity index (χ0n) is 11.5. The first-order valence-electron chi connectivity index (χ1n) is 6.94. The molecule has 1 aromatic rings. The molecule has 0 radical (unpaired) electrons. The molecule has 1 aromatic carbocycles. The van der Waals surface area contributed by atoms with Gasteiger partial charge in [-0.05, 0) is 19.4 Å². The van der Waals surface area contributed by atoms with E-state index in [4.69, 9.17) is 0 Å². The summed E-state index contributed by atoms with van der Waals surface area (Å²) in [6, 6.07) is 10.3. The summed E-state index contributed by atoms with van der Waals surface area (Å²) < 4.78 is 0. The van der Waals surface area contributed by atoms with Crippen LogP contribution in [0.4, 0.5) is 0 Å². The Balaban J connectivity index is 1.98. The average Bonchev–Trinajstić information content (AvgIpc) is 2.59. The summed E-state index contributed by atoms with van der Waals surface area (Å²) in [6.45, 7) is 5.78. The van der Waals surface area contributed by atoms with Crippen molar-refractivity contribution in [3.05, 3.63) is 35.9 Å². The van der Waals surface area contributed by atoms with Gasteiger partial charge in [0.05, 0.1) is 24.3 Å². The van der Waals surface area contributed by atoms with Crippen LogP contribution in [-0.4, -0.2) is 52.5 Å². The molecular weight excluding hydrogens is 240 g/mol. The average molecular weight is 262 g/mol. The van der Waals surface area contributed by atoms with E-state index >= 15 is 0 Å². The molecule has 2 heterocycles. The van der Waals surface area contributed by atoms with E-state index in [1.165, 1.54) is 5.56 Å². The van der Waals surface area contributed by atoms with Gasteiger partial charge < -0.3 is 15.5 Å². The molecule has 2 fully saturated rings. The summed E-state index contributed by atoms with van der Waals surface area (Å²) in [6.07, 6.45) is -1.33. The fourth-order valence-electron chi connectivity index (χ4n) is 3.67. The Bertz CT molecular complexity index is 433. The van der Waals surface area contributed by atoms with Crippen molar-refractivity contribution in [1.29, 1.82) is 0 Å². The molecule has 0 aromatic heterocycles. The minimum Gasteiger partial charge on any atom is -0.389 e. The van der Waals surface area contributed by atoms with Crippen molar-refractivity contribution in [2.75, 3.05) is 13.1 Å². The molecule has 3 N–H and O–H groups in total. The Labute approximate surface area is 114 Å². The maximum absolute atomic E-state index is 10.2. The van der Waals surface area contributed by atoms with Crippen LogP contribution in [0.3, 0.4) is 0 Å². The molecule has 4 unspecified atom stereocenters. The topological polar surface area (TPSA) is 55.7 Å². The summed E-state index contributed by atoms with van der Waals surface area (Å²) in [5.41, 5.74) is 1.02. The lowest BCUT2D eigenvalue weighted by molar-refractivity contribution is 0.0125. The number of nitrogens with zero attached hydrogens (tertiary/aromatic N) is 1. The van der Waals surface area contributed by atoms with Gasteiger partial charge in [-0.3, -0.25) is 4.90 Å². The van der Waals surface area contributed by atoms with E-state index in [1.54, 1.807) is 0 Å². The van der Waals surface area contributed by atoms with Gasteiger partial charge in [-0.15, -0.1) is 0 Å². The molecule has 0 aliphatic carbocycles. The van der Waals surface area contributed by atoms with Gasteiger partial charge in [0.25, 0.3) is 0 Å². The van der Waals surface area contributed by atoms with E-state index < -0.39 is 12.2 Å². The van der Waals surface area contributed by atoms with Gasteiger partial charge in [-0.25, -0.2) is 0 Å². The number of hydrogen-bond acceptors (Lipinski definition) is 4. The zero-order valence-corrected chi connectivity index (χ0v) is 11.5. The van der Waals surface area contributed by atoms with Crippen LogP contribution in [-0.2, 0) is 5.54 Å². The quantitative estimate of drug-likeness (QED) is 0.717. The summed E-state index contributed by atoms with van der Waals surface area (Å²) >= 11 is 0. The fraction of sp³-hybridized carbons (Fsp3) is 0.600. The molecule has 2 aliphatic heterocycles. The Morgan fingerprint density at radius 1 is 1.05 bits per heavy atom. The first-order chi connectivity index (χ1) is 9.03. The molecule has 0 spiro atoms. The van der Waals surface area contributed by atoms with E-state index in [2.05, 4.69) is 36.2 Å². The molecule has 4 nitrogen and oxygen atoms in total. The van der Waals surface area contributed by atoms with Crippen LogP contribution in [0.2, 0.25) is 0 Å². The van der Waals surface area contributed by atoms with Gasteiger partial charge in [0, 0.05) is 18.6 Å². The maximum atomic E-state index is 10.2. The summed E-state index contributed by atoms with van der Waals surface area (Å²) in [4.78, 5) is 2.29. The number of hydrogen-bond donors (Lipinski definition) is 3. The van der Waals surface area contributed by atoms with Gasteiger partial charge in [-0.2, -0.15) is 0 Å². The highest BCUT2D eigenvalue weighted by atomic mass is 16.3. The molecule has 4 heteroatoms. The molecule has 2 bridgehead atoms. The standard InChI is InChI=1S/C15H22N2O2/c1-15(2,10-6-4-3-5-7-10)17-11-8-16-9-12(17)14(19)13(11)18/h3-7,11-14,16,18-19H,8-9H2,1-2H3. The number of piperazine rings is 1. The van der Waals surface area contributed by atoms with Gasteiger partial charge in [-0.1, -0.05) is 30.3 Å². The molecule has 0 amide bonds. The van der Waals surface area contributed by atoms with E-state index in [9.17, 15) is 10.2 Å². The van der Waals surface area contributed by atoms with Crippen molar-refractivity contribution in [3.63, 3.8) is 0 Å². The van der Waals surface area contributed by atoms with Crippen LogP contribution in [0.15, 0.2) is 30.3 Å². The van der Waals surface area contributed by atoms with Crippen LogP contribution in [0.25, 0.3) is 0 Å². The highest BCUT2D eigenvalue weighted by Crippen LogP contribution is 2.39. The van der Waals surface area contributed by atoms with E-state index in [0.717, 1.165) is 13.1 Å². The van der Waals surface area contributed by atoms with Crippen molar-refractivity contribution in [3.8, 4) is 0 Å². The molecule has 2 aliphatic rings. The summed E-state index contributed by atoms with van der Waals surface area (Å²) in [5.74, 6) is 0. The van der Waals surface area contributed by atoms with Crippen LogP contribution in [0, 0.1) is 0 Å². The highest BCUT2D eigenvalue weighted by Gasteiger charge is 2.54. The van der Waals surface area contributed by atoms with Gasteiger partial charge in [0.15, 0.2) is 0 Å². The third-order valence-corrected chi connectivity index (χ3v) is 4.69. The number of benzene rings is 1. The van der Waals surface area contributed by atoms with Crippen LogP contribution < -0.4 is 5.32 Å². The summed E-state index contributed by atoms with van der Waals surface area (Å²) in [7, 11) is 0. The van der Waals surface area contributed by atoms with E-state index in [0.29, 0.717) is 0 Å². The second-order valence-electron chi connectivity index (χ2n) is 6.11. The van der Waals surface area contributed by atoms with Crippen LogP contribution in [0.1, 0.15) is 19.4 Å². The third-order valence-electron chi connectivity index (χ3n) is 4.69. The third kappa shape index (κ3) is 1.91. The number of fused-ring (bicyclic) bond motifs is 2. The Kier molecular flexibility index (Phi) is 3.14. The Morgan fingerprint density at radius 3 is 2.11 bits per heavy atom. The highest BCUT2D eigenvalue weighted by molar-refractivity contribution is 5.25. The Morgan fingerprint density at radius 2 is 1.58 bits per heavy atom. The van der Waals surface area contributed by atoms with Crippen molar-refractivity contribution < 1.29 is 10.2 Å². The predicted octanol–water partition coefficient (Wildman–Crippen LogP) is 0.299. The lowest BCUT2D eigenvalue weighted by atomic mass is 9.89. The maximum Gasteiger partial charge on any atom is 0.0982 e. The second kappa shape index (κ2) is 4.56. The lowest BCUT2D eigenvalue weighted by Gasteiger charge is -2.46. The molecule has 4 atom stereocenters. The van der Waals surface area contributed by atoms with Crippen molar-refractivity contribution in [1.82, 2.24) is 10.2 Å². The molecular formula is C15H22N2O2. The van der Waals surface area contributed by atoms with Gasteiger partial charge in [0.1, 0.15) is 0 Å². The fourth-order valence-corrected chi connectivity index (χ4v) is 3.67. The molecule has 104 valence electrons. The van der Waals surface area contributed by atoms with Crippen molar-refractivity contribution in [2.24, 2.45) is 0 Å². The largest absolute Gasteiger partial charge is 0.389 e. The number of aliphatic hydroxyl groups is 2. The Hall–Kier alpha value is -0.940. The first-order valence-corrected chi connectivity index (χ1v) is 6.94. The van der Waals surface area contributed by atoms with Gasteiger partial charge >= 0.3 is 0 Å². The smallest absolute Gasteiger partial charge is 0.0982 e. The van der Waals surface area contributed by atoms with Crippen molar-refractivity contribution >= 4 is 0 Å². The number of nitrogens with one attached hydrogen (secondary N) is 1. The van der Waals surface area contributed by atoms with E-state index in [-0.39, 0.29) is 17.6 Å². The van der Waals surface area contributed by atoms with Crippen LogP contribution >= 0.6 is 0 Å².